The van der Waals surface area contributed by atoms with Gasteiger partial charge in [0.15, 0.2) is 0 Å². The first kappa shape index (κ1) is 12.5. The fraction of sp³-hybridized carbons (Fsp3) is 0.385. The SMILES string of the molecule is CC#CCCOc1cc(F)ccc1C(C)O. The largest absolute Gasteiger partial charge is 0.492 e. The third-order valence-electron chi connectivity index (χ3n) is 2.09. The molecule has 0 aliphatic carbocycles. The molecule has 1 aromatic carbocycles. The maximum atomic E-state index is 13.0. The third kappa shape index (κ3) is 3.56. The lowest BCUT2D eigenvalue weighted by Gasteiger charge is -2.12. The van der Waals surface area contributed by atoms with Crippen LogP contribution in [0.3, 0.4) is 0 Å². The Hall–Kier alpha value is -1.53. The average Bonchev–Trinajstić information content (AvgIpc) is 2.24. The molecule has 0 aliphatic heterocycles. The highest BCUT2D eigenvalue weighted by atomic mass is 19.1. The van der Waals surface area contributed by atoms with Gasteiger partial charge in [-0.05, 0) is 26.0 Å². The van der Waals surface area contributed by atoms with Gasteiger partial charge in [-0.3, -0.25) is 0 Å². The van der Waals surface area contributed by atoms with Crippen LogP contribution in [-0.2, 0) is 0 Å². The Morgan fingerprint density at radius 2 is 2.25 bits per heavy atom. The fourth-order valence-corrected chi connectivity index (χ4v) is 1.32. The normalized spacial score (nSPS) is 11.5. The van der Waals surface area contributed by atoms with E-state index < -0.39 is 6.10 Å². The number of ether oxygens (including phenoxy) is 1. The molecule has 0 fully saturated rings. The quantitative estimate of drug-likeness (QED) is 0.627. The van der Waals surface area contributed by atoms with Crippen LogP contribution in [0.1, 0.15) is 31.9 Å². The van der Waals surface area contributed by atoms with E-state index in [9.17, 15) is 9.50 Å². The lowest BCUT2D eigenvalue weighted by atomic mass is 10.1. The zero-order chi connectivity index (χ0) is 12.0. The van der Waals surface area contributed by atoms with E-state index in [1.54, 1.807) is 13.8 Å². The van der Waals surface area contributed by atoms with Crippen molar-refractivity contribution >= 4 is 0 Å². The first-order valence-corrected chi connectivity index (χ1v) is 5.15. The second-order valence-corrected chi connectivity index (χ2v) is 3.38. The molecule has 1 rings (SSSR count). The average molecular weight is 222 g/mol. The molecule has 0 spiro atoms. The van der Waals surface area contributed by atoms with E-state index in [0.717, 1.165) is 0 Å². The summed E-state index contributed by atoms with van der Waals surface area (Å²) >= 11 is 0. The van der Waals surface area contributed by atoms with Gasteiger partial charge >= 0.3 is 0 Å². The molecule has 1 aromatic rings. The van der Waals surface area contributed by atoms with Crippen molar-refractivity contribution in [2.24, 2.45) is 0 Å². The van der Waals surface area contributed by atoms with Crippen LogP contribution in [0.15, 0.2) is 18.2 Å². The predicted molar refractivity (Wildman–Crippen MR) is 60.6 cm³/mol. The molecule has 3 heteroatoms. The monoisotopic (exact) mass is 222 g/mol. The number of aliphatic hydroxyl groups excluding tert-OH is 1. The van der Waals surface area contributed by atoms with Gasteiger partial charge in [0.1, 0.15) is 11.6 Å². The Kier molecular flexibility index (Phi) is 4.81. The summed E-state index contributed by atoms with van der Waals surface area (Å²) in [6.07, 6.45) is -0.0837. The molecular formula is C13H15FO2. The molecule has 0 aromatic heterocycles. The highest BCUT2D eigenvalue weighted by molar-refractivity contribution is 5.35. The molecule has 0 radical (unpaired) electrons. The lowest BCUT2D eigenvalue weighted by molar-refractivity contribution is 0.191. The summed E-state index contributed by atoms with van der Waals surface area (Å²) in [7, 11) is 0. The van der Waals surface area contributed by atoms with Gasteiger partial charge in [-0.2, -0.15) is 0 Å². The Labute approximate surface area is 95.1 Å². The molecule has 86 valence electrons. The minimum atomic E-state index is -0.673. The topological polar surface area (TPSA) is 29.5 Å². The number of benzene rings is 1. The van der Waals surface area contributed by atoms with E-state index in [4.69, 9.17) is 4.74 Å². The van der Waals surface area contributed by atoms with Crippen molar-refractivity contribution in [2.75, 3.05) is 6.61 Å². The molecule has 2 nitrogen and oxygen atoms in total. The third-order valence-corrected chi connectivity index (χ3v) is 2.09. The second-order valence-electron chi connectivity index (χ2n) is 3.38. The Morgan fingerprint density at radius 1 is 1.50 bits per heavy atom. The Balaban J connectivity index is 2.74. The van der Waals surface area contributed by atoms with E-state index >= 15 is 0 Å². The number of aliphatic hydroxyl groups is 1. The summed E-state index contributed by atoms with van der Waals surface area (Å²) in [5.74, 6) is 5.61. The summed E-state index contributed by atoms with van der Waals surface area (Å²) < 4.78 is 18.4. The molecule has 1 unspecified atom stereocenters. The van der Waals surface area contributed by atoms with Gasteiger partial charge < -0.3 is 9.84 Å². The van der Waals surface area contributed by atoms with Gasteiger partial charge in [-0.15, -0.1) is 11.8 Å². The maximum Gasteiger partial charge on any atom is 0.128 e. The standard InChI is InChI=1S/C13H15FO2/c1-3-4-5-8-16-13-9-11(14)6-7-12(13)10(2)15/h6-7,9-10,15H,5,8H2,1-2H3. The number of hydrogen-bond donors (Lipinski definition) is 1. The summed E-state index contributed by atoms with van der Waals surface area (Å²) in [6, 6.07) is 4.11. The zero-order valence-electron chi connectivity index (χ0n) is 9.46. The van der Waals surface area contributed by atoms with Crippen molar-refractivity contribution in [1.29, 1.82) is 0 Å². The van der Waals surface area contributed by atoms with Crippen LogP contribution in [0.25, 0.3) is 0 Å². The number of halogens is 1. The number of rotatable bonds is 4. The molecule has 0 amide bonds. The minimum Gasteiger partial charge on any atom is -0.492 e. The summed E-state index contributed by atoms with van der Waals surface area (Å²) in [5, 5.41) is 9.47. The van der Waals surface area contributed by atoms with Gasteiger partial charge in [-0.1, -0.05) is 0 Å². The van der Waals surface area contributed by atoms with Crippen LogP contribution in [0.2, 0.25) is 0 Å². The van der Waals surface area contributed by atoms with Crippen molar-refractivity contribution < 1.29 is 14.2 Å². The maximum absolute atomic E-state index is 13.0. The van der Waals surface area contributed by atoms with Crippen LogP contribution in [-0.4, -0.2) is 11.7 Å². The van der Waals surface area contributed by atoms with Crippen molar-refractivity contribution in [3.63, 3.8) is 0 Å². The van der Waals surface area contributed by atoms with Gasteiger partial charge in [0.05, 0.1) is 12.7 Å². The molecule has 0 heterocycles. The van der Waals surface area contributed by atoms with Crippen LogP contribution in [0.4, 0.5) is 4.39 Å². The summed E-state index contributed by atoms with van der Waals surface area (Å²) in [4.78, 5) is 0. The molecular weight excluding hydrogens is 207 g/mol. The first-order chi connectivity index (χ1) is 7.65. The van der Waals surface area contributed by atoms with E-state index in [2.05, 4.69) is 11.8 Å². The van der Waals surface area contributed by atoms with Gasteiger partial charge in [0, 0.05) is 18.1 Å². The summed E-state index contributed by atoms with van der Waals surface area (Å²) in [5.41, 5.74) is 0.589. The smallest absolute Gasteiger partial charge is 0.128 e. The Bertz CT molecular complexity index is 402. The van der Waals surface area contributed by atoms with E-state index in [1.165, 1.54) is 18.2 Å². The molecule has 16 heavy (non-hydrogen) atoms. The Morgan fingerprint density at radius 3 is 2.88 bits per heavy atom. The molecule has 0 saturated heterocycles. The van der Waals surface area contributed by atoms with Crippen LogP contribution >= 0.6 is 0 Å². The lowest BCUT2D eigenvalue weighted by Crippen LogP contribution is -2.02. The molecule has 1 atom stereocenters. The van der Waals surface area contributed by atoms with Crippen molar-refractivity contribution in [3.8, 4) is 17.6 Å². The van der Waals surface area contributed by atoms with Gasteiger partial charge in [-0.25, -0.2) is 4.39 Å². The van der Waals surface area contributed by atoms with E-state index in [-0.39, 0.29) is 5.82 Å². The highest BCUT2D eigenvalue weighted by Crippen LogP contribution is 2.25. The van der Waals surface area contributed by atoms with Crippen LogP contribution in [0.5, 0.6) is 5.75 Å². The zero-order valence-corrected chi connectivity index (χ0v) is 9.46. The summed E-state index contributed by atoms with van der Waals surface area (Å²) in [6.45, 7) is 3.76. The molecule has 0 bridgehead atoms. The second kappa shape index (κ2) is 6.14. The first-order valence-electron chi connectivity index (χ1n) is 5.15. The molecule has 1 N–H and O–H groups in total. The van der Waals surface area contributed by atoms with E-state index in [0.29, 0.717) is 24.3 Å². The van der Waals surface area contributed by atoms with Gasteiger partial charge in [0.2, 0.25) is 0 Å². The van der Waals surface area contributed by atoms with Gasteiger partial charge in [0.25, 0.3) is 0 Å². The minimum absolute atomic E-state index is 0.374. The predicted octanol–water partition coefficient (Wildman–Crippen LogP) is 2.67. The molecule has 0 aliphatic rings. The van der Waals surface area contributed by atoms with Crippen LogP contribution < -0.4 is 4.74 Å². The van der Waals surface area contributed by atoms with Crippen molar-refractivity contribution in [2.45, 2.75) is 26.4 Å². The fourth-order valence-electron chi connectivity index (χ4n) is 1.32. The van der Waals surface area contributed by atoms with Crippen LogP contribution in [0, 0.1) is 17.7 Å². The highest BCUT2D eigenvalue weighted by Gasteiger charge is 2.09. The van der Waals surface area contributed by atoms with Crippen molar-refractivity contribution in [3.05, 3.63) is 29.6 Å². The number of hydrogen-bond acceptors (Lipinski definition) is 2. The van der Waals surface area contributed by atoms with E-state index in [1.807, 2.05) is 0 Å². The molecule has 0 saturated carbocycles. The van der Waals surface area contributed by atoms with Crippen molar-refractivity contribution in [1.82, 2.24) is 0 Å².